The lowest BCUT2D eigenvalue weighted by molar-refractivity contribution is 0.0948. The van der Waals surface area contributed by atoms with Crippen LogP contribution in [0.4, 0.5) is 5.69 Å². The molecule has 0 radical (unpaired) electrons. The second-order valence-electron chi connectivity index (χ2n) is 4.09. The number of anilines is 1. The Hall–Kier alpha value is -2.69. The van der Waals surface area contributed by atoms with E-state index in [1.54, 1.807) is 24.3 Å². The standard InChI is InChI=1S/C14H14N2O3/c15-10-5-6-12(17)9(7-10)8-16-14(19)11-3-1-2-4-13(11)18/h1-7,17-18H,8,15H2,(H,16,19). The predicted molar refractivity (Wildman–Crippen MR) is 71.8 cm³/mol. The molecule has 0 aromatic heterocycles. The molecular formula is C14H14N2O3. The number of phenolic OH excluding ortho intramolecular Hbond substituents is 2. The number of hydrogen-bond donors (Lipinski definition) is 4. The predicted octanol–water partition coefficient (Wildman–Crippen LogP) is 1.61. The summed E-state index contributed by atoms with van der Waals surface area (Å²) in [5.74, 6) is -0.441. The Balaban J connectivity index is 2.09. The molecule has 2 rings (SSSR count). The first kappa shape index (κ1) is 12.8. The van der Waals surface area contributed by atoms with Crippen molar-refractivity contribution in [1.82, 2.24) is 5.32 Å². The first-order chi connectivity index (χ1) is 9.08. The van der Waals surface area contributed by atoms with E-state index in [1.165, 1.54) is 18.2 Å². The van der Waals surface area contributed by atoms with Crippen molar-refractivity contribution in [2.45, 2.75) is 6.54 Å². The van der Waals surface area contributed by atoms with E-state index in [-0.39, 0.29) is 23.6 Å². The molecule has 5 heteroatoms. The third-order valence-electron chi connectivity index (χ3n) is 2.69. The third kappa shape index (κ3) is 2.95. The molecule has 0 saturated carbocycles. The first-order valence-electron chi connectivity index (χ1n) is 5.71. The van der Waals surface area contributed by atoms with Crippen LogP contribution in [-0.4, -0.2) is 16.1 Å². The van der Waals surface area contributed by atoms with Crippen molar-refractivity contribution in [2.75, 3.05) is 5.73 Å². The molecule has 0 aliphatic rings. The number of aromatic hydroxyl groups is 2. The average molecular weight is 258 g/mol. The summed E-state index contributed by atoms with van der Waals surface area (Å²) in [5, 5.41) is 21.8. The number of amides is 1. The monoisotopic (exact) mass is 258 g/mol. The van der Waals surface area contributed by atoms with Gasteiger partial charge in [-0.05, 0) is 30.3 Å². The summed E-state index contributed by atoms with van der Waals surface area (Å²) in [5.41, 5.74) is 6.81. The maximum absolute atomic E-state index is 11.9. The highest BCUT2D eigenvalue weighted by atomic mass is 16.3. The van der Waals surface area contributed by atoms with Crippen LogP contribution in [0.1, 0.15) is 15.9 Å². The van der Waals surface area contributed by atoms with Crippen molar-refractivity contribution < 1.29 is 15.0 Å². The van der Waals surface area contributed by atoms with E-state index < -0.39 is 5.91 Å². The van der Waals surface area contributed by atoms with Gasteiger partial charge < -0.3 is 21.3 Å². The topological polar surface area (TPSA) is 95.6 Å². The van der Waals surface area contributed by atoms with Gasteiger partial charge in [0.15, 0.2) is 0 Å². The van der Waals surface area contributed by atoms with Crippen molar-refractivity contribution in [3.8, 4) is 11.5 Å². The Morgan fingerprint density at radius 3 is 2.58 bits per heavy atom. The van der Waals surface area contributed by atoms with Crippen LogP contribution < -0.4 is 11.1 Å². The molecule has 0 spiro atoms. The quantitative estimate of drug-likeness (QED) is 0.497. The van der Waals surface area contributed by atoms with Gasteiger partial charge in [0.05, 0.1) is 5.56 Å². The van der Waals surface area contributed by atoms with Crippen LogP contribution >= 0.6 is 0 Å². The summed E-state index contributed by atoms with van der Waals surface area (Å²) in [6.45, 7) is 0.129. The van der Waals surface area contributed by atoms with Crippen LogP contribution in [0.25, 0.3) is 0 Å². The van der Waals surface area contributed by atoms with Gasteiger partial charge in [0, 0.05) is 17.8 Å². The number of nitrogen functional groups attached to an aromatic ring is 1. The van der Waals surface area contributed by atoms with Crippen LogP contribution in [0.3, 0.4) is 0 Å². The molecule has 1 amide bonds. The molecule has 5 nitrogen and oxygen atoms in total. The lowest BCUT2D eigenvalue weighted by Crippen LogP contribution is -2.22. The second kappa shape index (κ2) is 5.30. The molecule has 0 saturated heterocycles. The third-order valence-corrected chi connectivity index (χ3v) is 2.69. The number of benzene rings is 2. The van der Waals surface area contributed by atoms with Crippen molar-refractivity contribution >= 4 is 11.6 Å². The summed E-state index contributed by atoms with van der Waals surface area (Å²) in [4.78, 5) is 11.9. The fraction of sp³-hybridized carbons (Fsp3) is 0.0714. The Labute approximate surface area is 110 Å². The van der Waals surface area contributed by atoms with Gasteiger partial charge in [-0.15, -0.1) is 0 Å². The molecule has 19 heavy (non-hydrogen) atoms. The molecule has 0 bridgehead atoms. The van der Waals surface area contributed by atoms with E-state index >= 15 is 0 Å². The Bertz CT molecular complexity index is 611. The molecule has 5 N–H and O–H groups in total. The molecule has 0 atom stereocenters. The normalized spacial score (nSPS) is 10.1. The molecular weight excluding hydrogens is 244 g/mol. The highest BCUT2D eigenvalue weighted by molar-refractivity contribution is 5.96. The van der Waals surface area contributed by atoms with E-state index in [9.17, 15) is 15.0 Å². The van der Waals surface area contributed by atoms with Crippen molar-refractivity contribution in [1.29, 1.82) is 0 Å². The van der Waals surface area contributed by atoms with Crippen LogP contribution in [0.5, 0.6) is 11.5 Å². The fourth-order valence-electron chi connectivity index (χ4n) is 1.68. The van der Waals surface area contributed by atoms with Gasteiger partial charge in [-0.25, -0.2) is 0 Å². The van der Waals surface area contributed by atoms with E-state index in [0.29, 0.717) is 11.3 Å². The van der Waals surface area contributed by atoms with Gasteiger partial charge in [0.25, 0.3) is 5.91 Å². The molecule has 0 fully saturated rings. The number of phenols is 2. The molecule has 0 unspecified atom stereocenters. The zero-order valence-electron chi connectivity index (χ0n) is 10.1. The summed E-state index contributed by atoms with van der Waals surface area (Å²) in [6, 6.07) is 10.9. The highest BCUT2D eigenvalue weighted by Gasteiger charge is 2.10. The van der Waals surface area contributed by atoms with E-state index in [1.807, 2.05) is 0 Å². The minimum absolute atomic E-state index is 0.0618. The minimum atomic E-state index is -0.417. The zero-order chi connectivity index (χ0) is 13.8. The Morgan fingerprint density at radius 1 is 1.11 bits per heavy atom. The smallest absolute Gasteiger partial charge is 0.255 e. The maximum atomic E-state index is 11.9. The average Bonchev–Trinajstić information content (AvgIpc) is 2.40. The largest absolute Gasteiger partial charge is 0.508 e. The van der Waals surface area contributed by atoms with E-state index in [2.05, 4.69) is 5.32 Å². The number of hydrogen-bond acceptors (Lipinski definition) is 4. The highest BCUT2D eigenvalue weighted by Crippen LogP contribution is 2.20. The van der Waals surface area contributed by atoms with Crippen LogP contribution in [0.2, 0.25) is 0 Å². The van der Waals surface area contributed by atoms with Gasteiger partial charge in [-0.2, -0.15) is 0 Å². The summed E-state index contributed by atoms with van der Waals surface area (Å²) in [7, 11) is 0. The minimum Gasteiger partial charge on any atom is -0.508 e. The van der Waals surface area contributed by atoms with Gasteiger partial charge in [-0.3, -0.25) is 4.79 Å². The van der Waals surface area contributed by atoms with Crippen molar-refractivity contribution in [3.05, 3.63) is 53.6 Å². The molecule has 2 aromatic rings. The number of nitrogens with two attached hydrogens (primary N) is 1. The second-order valence-corrected chi connectivity index (χ2v) is 4.09. The first-order valence-corrected chi connectivity index (χ1v) is 5.71. The Kier molecular flexibility index (Phi) is 3.56. The number of carbonyl (C=O) groups is 1. The maximum Gasteiger partial charge on any atom is 0.255 e. The van der Waals surface area contributed by atoms with Gasteiger partial charge in [0.1, 0.15) is 11.5 Å². The van der Waals surface area contributed by atoms with E-state index in [0.717, 1.165) is 0 Å². The Morgan fingerprint density at radius 2 is 1.84 bits per heavy atom. The molecule has 0 aliphatic carbocycles. The SMILES string of the molecule is Nc1ccc(O)c(CNC(=O)c2ccccc2O)c1. The number of carbonyl (C=O) groups excluding carboxylic acids is 1. The van der Waals surface area contributed by atoms with Crippen LogP contribution in [-0.2, 0) is 6.54 Å². The molecule has 0 aliphatic heterocycles. The van der Waals surface area contributed by atoms with Crippen molar-refractivity contribution in [3.63, 3.8) is 0 Å². The zero-order valence-corrected chi connectivity index (χ0v) is 10.1. The summed E-state index contributed by atoms with van der Waals surface area (Å²) < 4.78 is 0. The van der Waals surface area contributed by atoms with Crippen molar-refractivity contribution in [2.24, 2.45) is 0 Å². The number of nitrogens with one attached hydrogen (secondary N) is 1. The summed E-state index contributed by atoms with van der Waals surface area (Å²) >= 11 is 0. The molecule has 2 aromatic carbocycles. The lowest BCUT2D eigenvalue weighted by atomic mass is 10.1. The van der Waals surface area contributed by atoms with Crippen LogP contribution in [0, 0.1) is 0 Å². The van der Waals surface area contributed by atoms with E-state index in [4.69, 9.17) is 5.73 Å². The van der Waals surface area contributed by atoms with Gasteiger partial charge in [0.2, 0.25) is 0 Å². The summed E-state index contributed by atoms with van der Waals surface area (Å²) in [6.07, 6.45) is 0. The van der Waals surface area contributed by atoms with Gasteiger partial charge in [-0.1, -0.05) is 12.1 Å². The van der Waals surface area contributed by atoms with Crippen LogP contribution in [0.15, 0.2) is 42.5 Å². The molecule has 0 heterocycles. The lowest BCUT2D eigenvalue weighted by Gasteiger charge is -2.08. The number of rotatable bonds is 3. The molecule has 98 valence electrons. The fourth-order valence-corrected chi connectivity index (χ4v) is 1.68. The van der Waals surface area contributed by atoms with Gasteiger partial charge >= 0.3 is 0 Å². The number of para-hydroxylation sites is 1.